The van der Waals surface area contributed by atoms with Gasteiger partial charge in [0.05, 0.1) is 0 Å². The van der Waals surface area contributed by atoms with Crippen molar-refractivity contribution in [3.8, 4) is 11.5 Å². The third-order valence-electron chi connectivity index (χ3n) is 5.74. The van der Waals surface area contributed by atoms with E-state index in [1.54, 1.807) is 6.07 Å². The van der Waals surface area contributed by atoms with Crippen molar-refractivity contribution in [2.75, 3.05) is 0 Å². The molecule has 3 aromatic carbocycles. The van der Waals surface area contributed by atoms with Gasteiger partial charge in [-0.05, 0) is 42.2 Å². The number of rotatable bonds is 15. The lowest BCUT2D eigenvalue weighted by Gasteiger charge is -2.14. The number of carbonyl (C=O) groups is 2. The Balaban J connectivity index is 1.60. The lowest BCUT2D eigenvalue weighted by Crippen LogP contribution is -2.04. The number of unbranched alkanes of at least 4 members (excludes halogenated alkanes) is 3. The van der Waals surface area contributed by atoms with Crippen molar-refractivity contribution in [1.82, 2.24) is 0 Å². The second kappa shape index (κ2) is 14.0. The topological polar surface area (TPSA) is 52.6 Å². The van der Waals surface area contributed by atoms with E-state index in [9.17, 15) is 9.59 Å². The highest BCUT2D eigenvalue weighted by atomic mass is 16.5. The third kappa shape index (κ3) is 8.51. The van der Waals surface area contributed by atoms with Gasteiger partial charge in [-0.15, -0.1) is 0 Å². The minimum atomic E-state index is 0.101. The molecule has 0 saturated carbocycles. The van der Waals surface area contributed by atoms with E-state index in [1.165, 1.54) is 0 Å². The van der Waals surface area contributed by atoms with Gasteiger partial charge in [-0.2, -0.15) is 0 Å². The first kappa shape index (κ1) is 25.2. The molecule has 0 unspecified atom stereocenters. The van der Waals surface area contributed by atoms with Gasteiger partial charge < -0.3 is 9.47 Å². The lowest BCUT2D eigenvalue weighted by atomic mass is 10.0. The van der Waals surface area contributed by atoms with Crippen molar-refractivity contribution in [3.05, 3.63) is 95.6 Å². The van der Waals surface area contributed by atoms with Gasteiger partial charge in [0.15, 0.2) is 17.3 Å². The van der Waals surface area contributed by atoms with E-state index >= 15 is 0 Å². The van der Waals surface area contributed by atoms with Crippen LogP contribution in [0.5, 0.6) is 11.5 Å². The minimum Gasteiger partial charge on any atom is -0.485 e. The van der Waals surface area contributed by atoms with Crippen LogP contribution in [0.25, 0.3) is 0 Å². The van der Waals surface area contributed by atoms with Gasteiger partial charge in [-0.1, -0.05) is 80.4 Å². The molecule has 0 saturated heterocycles. The molecule has 0 heterocycles. The Morgan fingerprint density at radius 1 is 0.647 bits per heavy atom. The van der Waals surface area contributed by atoms with Crippen molar-refractivity contribution in [3.63, 3.8) is 0 Å². The summed E-state index contributed by atoms with van der Waals surface area (Å²) in [6.07, 6.45) is 5.42. The van der Waals surface area contributed by atoms with E-state index in [-0.39, 0.29) is 5.78 Å². The van der Waals surface area contributed by atoms with Crippen molar-refractivity contribution in [2.24, 2.45) is 0 Å². The highest BCUT2D eigenvalue weighted by Crippen LogP contribution is 2.31. The second-order valence-electron chi connectivity index (χ2n) is 8.44. The van der Waals surface area contributed by atoms with Crippen LogP contribution in [0.2, 0.25) is 0 Å². The highest BCUT2D eigenvalue weighted by molar-refractivity contribution is 5.96. The van der Waals surface area contributed by atoms with Crippen molar-refractivity contribution >= 4 is 11.6 Å². The largest absolute Gasteiger partial charge is 0.485 e. The fraction of sp³-hybridized carbons (Fsp3) is 0.333. The average molecular weight is 459 g/mol. The quantitative estimate of drug-likeness (QED) is 0.176. The zero-order valence-electron chi connectivity index (χ0n) is 20.0. The van der Waals surface area contributed by atoms with Gasteiger partial charge in [-0.3, -0.25) is 9.59 Å². The average Bonchev–Trinajstić information content (AvgIpc) is 2.89. The van der Waals surface area contributed by atoms with E-state index < -0.39 is 0 Å². The summed E-state index contributed by atoms with van der Waals surface area (Å²) in [7, 11) is 0. The number of ketones is 2. The minimum absolute atomic E-state index is 0.101. The van der Waals surface area contributed by atoms with E-state index in [4.69, 9.17) is 9.47 Å². The zero-order chi connectivity index (χ0) is 24.0. The van der Waals surface area contributed by atoms with E-state index in [0.29, 0.717) is 55.3 Å². The van der Waals surface area contributed by atoms with E-state index in [0.717, 1.165) is 36.8 Å². The molecule has 0 aliphatic rings. The Labute approximate surface area is 202 Å². The summed E-state index contributed by atoms with van der Waals surface area (Å²) in [6, 6.07) is 25.3. The van der Waals surface area contributed by atoms with Gasteiger partial charge >= 0.3 is 0 Å². The summed E-state index contributed by atoms with van der Waals surface area (Å²) in [5.41, 5.74) is 2.75. The number of benzene rings is 3. The molecule has 178 valence electrons. The Morgan fingerprint density at radius 3 is 1.79 bits per heavy atom. The Morgan fingerprint density at radius 2 is 1.21 bits per heavy atom. The maximum Gasteiger partial charge on any atom is 0.163 e. The molecule has 0 atom stereocenters. The summed E-state index contributed by atoms with van der Waals surface area (Å²) in [5, 5.41) is 0. The normalized spacial score (nSPS) is 10.6. The molecule has 0 aliphatic heterocycles. The molecule has 0 aliphatic carbocycles. The monoisotopic (exact) mass is 458 g/mol. The summed E-state index contributed by atoms with van der Waals surface area (Å²) >= 11 is 0. The second-order valence-corrected chi connectivity index (χ2v) is 8.44. The SMILES string of the molecule is CCC(=O)CCCCCCC(=O)c1ccc(OCc2ccccc2)c(OCc2ccccc2)c1. The Hall–Kier alpha value is -3.40. The number of carbonyl (C=O) groups excluding carboxylic acids is 2. The highest BCUT2D eigenvalue weighted by Gasteiger charge is 2.13. The van der Waals surface area contributed by atoms with Crippen LogP contribution >= 0.6 is 0 Å². The first-order chi connectivity index (χ1) is 16.7. The fourth-order valence-corrected chi connectivity index (χ4v) is 3.67. The first-order valence-corrected chi connectivity index (χ1v) is 12.2. The predicted octanol–water partition coefficient (Wildman–Crippen LogP) is 7.35. The zero-order valence-corrected chi connectivity index (χ0v) is 20.0. The molecule has 0 aromatic heterocycles. The van der Waals surface area contributed by atoms with Gasteiger partial charge in [0.1, 0.15) is 19.0 Å². The summed E-state index contributed by atoms with van der Waals surface area (Å²) in [5.74, 6) is 1.61. The van der Waals surface area contributed by atoms with Crippen molar-refractivity contribution in [1.29, 1.82) is 0 Å². The molecule has 3 aromatic rings. The van der Waals surface area contributed by atoms with Crippen LogP contribution < -0.4 is 9.47 Å². The van der Waals surface area contributed by atoms with Crippen LogP contribution in [0, 0.1) is 0 Å². The van der Waals surface area contributed by atoms with Gasteiger partial charge in [-0.25, -0.2) is 0 Å². The number of Topliss-reactive ketones (excluding diaryl/α,β-unsaturated/α-hetero) is 2. The van der Waals surface area contributed by atoms with Crippen LogP contribution in [0.1, 0.15) is 73.4 Å². The van der Waals surface area contributed by atoms with Crippen molar-refractivity contribution in [2.45, 2.75) is 65.1 Å². The smallest absolute Gasteiger partial charge is 0.163 e. The van der Waals surface area contributed by atoms with Gasteiger partial charge in [0, 0.05) is 24.8 Å². The molecule has 34 heavy (non-hydrogen) atoms. The van der Waals surface area contributed by atoms with Crippen LogP contribution in [-0.4, -0.2) is 11.6 Å². The molecule has 0 amide bonds. The summed E-state index contributed by atoms with van der Waals surface area (Å²) < 4.78 is 12.1. The van der Waals surface area contributed by atoms with Crippen LogP contribution in [0.4, 0.5) is 0 Å². The predicted molar refractivity (Wildman–Crippen MR) is 135 cm³/mol. The Kier molecular flexibility index (Phi) is 10.4. The fourth-order valence-electron chi connectivity index (χ4n) is 3.67. The van der Waals surface area contributed by atoms with E-state index in [2.05, 4.69) is 0 Å². The molecule has 0 bridgehead atoms. The van der Waals surface area contributed by atoms with Crippen molar-refractivity contribution < 1.29 is 19.1 Å². The number of hydrogen-bond donors (Lipinski definition) is 0. The third-order valence-corrected chi connectivity index (χ3v) is 5.74. The first-order valence-electron chi connectivity index (χ1n) is 12.2. The van der Waals surface area contributed by atoms with Crippen LogP contribution in [-0.2, 0) is 18.0 Å². The van der Waals surface area contributed by atoms with E-state index in [1.807, 2.05) is 79.7 Å². The molecule has 4 heteroatoms. The van der Waals surface area contributed by atoms with Gasteiger partial charge in [0.2, 0.25) is 0 Å². The summed E-state index contributed by atoms with van der Waals surface area (Å²) in [6.45, 7) is 2.73. The molecular formula is C30H34O4. The maximum atomic E-state index is 12.8. The lowest BCUT2D eigenvalue weighted by molar-refractivity contribution is -0.118. The Bertz CT molecular complexity index is 1030. The molecule has 0 fully saturated rings. The molecule has 0 spiro atoms. The molecule has 3 rings (SSSR count). The summed E-state index contributed by atoms with van der Waals surface area (Å²) in [4.78, 5) is 24.2. The standard InChI is InChI=1S/C30H34O4/c1-2-27(31)17-11-3-4-12-18-28(32)26-19-20-29(33-22-24-13-7-5-8-14-24)30(21-26)34-23-25-15-9-6-10-16-25/h5-10,13-16,19-21H,2-4,11-12,17-18,22-23H2,1H3. The number of hydrogen-bond acceptors (Lipinski definition) is 4. The van der Waals surface area contributed by atoms with Crippen LogP contribution in [0.3, 0.4) is 0 Å². The maximum absolute atomic E-state index is 12.8. The van der Waals surface area contributed by atoms with Gasteiger partial charge in [0.25, 0.3) is 0 Å². The van der Waals surface area contributed by atoms with Crippen LogP contribution in [0.15, 0.2) is 78.9 Å². The molecule has 0 radical (unpaired) electrons. The molecule has 4 nitrogen and oxygen atoms in total. The molecule has 0 N–H and O–H groups in total. The molecular weight excluding hydrogens is 424 g/mol. The number of ether oxygens (including phenoxy) is 2.